The zero-order valence-electron chi connectivity index (χ0n) is 12.2. The zero-order chi connectivity index (χ0) is 15.3. The van der Waals surface area contributed by atoms with Gasteiger partial charge < -0.3 is 14.4 Å². The average Bonchev–Trinajstić information content (AvgIpc) is 3.23. The molecule has 5 nitrogen and oxygen atoms in total. The molecule has 1 aromatic heterocycles. The van der Waals surface area contributed by atoms with Crippen LogP contribution in [0.15, 0.2) is 29.7 Å². The molecule has 0 N–H and O–H groups in total. The number of fused-ring (bicyclic) bond motifs is 1. The summed E-state index contributed by atoms with van der Waals surface area (Å²) in [6.45, 7) is 3.18. The summed E-state index contributed by atoms with van der Waals surface area (Å²) in [5.74, 6) is -1.28. The number of hydrogen-bond donors (Lipinski definition) is 0. The van der Waals surface area contributed by atoms with Crippen LogP contribution in [0.3, 0.4) is 0 Å². The van der Waals surface area contributed by atoms with Crippen molar-refractivity contribution in [2.75, 3.05) is 13.2 Å². The summed E-state index contributed by atoms with van der Waals surface area (Å²) in [4.78, 5) is 28.0. The highest BCUT2D eigenvalue weighted by molar-refractivity contribution is 7.09. The third-order valence-corrected chi connectivity index (χ3v) is 5.53. The van der Waals surface area contributed by atoms with Gasteiger partial charge in [0.05, 0.1) is 31.7 Å². The molecular formula is C16H17NO4S. The molecule has 0 aliphatic carbocycles. The number of thiophene rings is 1. The van der Waals surface area contributed by atoms with Gasteiger partial charge in [0, 0.05) is 4.88 Å². The number of carbonyl (C=O) groups excluding carboxylic acids is 2. The number of likely N-dealkylation sites (tertiary alicyclic amines) is 1. The van der Waals surface area contributed by atoms with Crippen LogP contribution >= 0.6 is 11.3 Å². The molecule has 4 heterocycles. The Labute approximate surface area is 132 Å². The van der Waals surface area contributed by atoms with Crippen LogP contribution in [0.1, 0.15) is 11.8 Å². The second kappa shape index (κ2) is 4.93. The van der Waals surface area contributed by atoms with E-state index in [0.29, 0.717) is 19.7 Å². The molecule has 1 spiro atoms. The van der Waals surface area contributed by atoms with Gasteiger partial charge in [-0.2, -0.15) is 0 Å². The molecule has 3 aliphatic rings. The lowest BCUT2D eigenvalue weighted by Gasteiger charge is -2.22. The predicted octanol–water partition coefficient (Wildman–Crippen LogP) is 1.59. The van der Waals surface area contributed by atoms with Gasteiger partial charge in [-0.3, -0.25) is 9.59 Å². The van der Waals surface area contributed by atoms with Crippen molar-refractivity contribution in [1.82, 2.24) is 4.90 Å². The lowest BCUT2D eigenvalue weighted by atomic mass is 9.77. The molecule has 2 saturated heterocycles. The number of amides is 1. The maximum Gasteiger partial charge on any atom is 0.312 e. The molecule has 3 aliphatic heterocycles. The summed E-state index contributed by atoms with van der Waals surface area (Å²) in [5.41, 5.74) is -0.642. The molecule has 2 fully saturated rings. The van der Waals surface area contributed by atoms with Gasteiger partial charge in [0.1, 0.15) is 11.5 Å². The SMILES string of the molecule is CCOC(=O)C1[C@H]2C(=O)N(Cc3cccs3)C[C@]23C=C[C@H]1O3. The molecule has 1 unspecified atom stereocenters. The molecule has 1 aromatic rings. The lowest BCUT2D eigenvalue weighted by molar-refractivity contribution is -0.153. The van der Waals surface area contributed by atoms with Crippen molar-refractivity contribution in [3.8, 4) is 0 Å². The summed E-state index contributed by atoms with van der Waals surface area (Å²) in [6, 6.07) is 3.99. The van der Waals surface area contributed by atoms with E-state index in [0.717, 1.165) is 4.88 Å². The van der Waals surface area contributed by atoms with Gasteiger partial charge in [-0.15, -0.1) is 11.3 Å². The second-order valence-corrected chi connectivity index (χ2v) is 6.96. The maximum atomic E-state index is 12.8. The number of carbonyl (C=O) groups is 2. The van der Waals surface area contributed by atoms with Crippen molar-refractivity contribution < 1.29 is 19.1 Å². The molecule has 4 rings (SSSR count). The van der Waals surface area contributed by atoms with E-state index in [-0.39, 0.29) is 18.0 Å². The smallest absolute Gasteiger partial charge is 0.312 e. The molecular weight excluding hydrogens is 302 g/mol. The van der Waals surface area contributed by atoms with Crippen LogP contribution in [0.4, 0.5) is 0 Å². The Morgan fingerprint density at radius 2 is 2.45 bits per heavy atom. The Bertz CT molecular complexity index is 641. The van der Waals surface area contributed by atoms with Gasteiger partial charge in [0.15, 0.2) is 0 Å². The van der Waals surface area contributed by atoms with Gasteiger partial charge in [-0.25, -0.2) is 0 Å². The van der Waals surface area contributed by atoms with E-state index in [4.69, 9.17) is 9.47 Å². The van der Waals surface area contributed by atoms with Crippen LogP contribution in [0, 0.1) is 11.8 Å². The first-order valence-electron chi connectivity index (χ1n) is 7.49. The van der Waals surface area contributed by atoms with E-state index in [9.17, 15) is 9.59 Å². The first-order chi connectivity index (χ1) is 10.6. The fraction of sp³-hybridized carbons (Fsp3) is 0.500. The highest BCUT2D eigenvalue weighted by Crippen LogP contribution is 2.52. The van der Waals surface area contributed by atoms with E-state index in [1.807, 2.05) is 29.7 Å². The van der Waals surface area contributed by atoms with E-state index in [1.165, 1.54) is 0 Å². The normalized spacial score (nSPS) is 35.2. The van der Waals surface area contributed by atoms with Gasteiger partial charge in [-0.1, -0.05) is 18.2 Å². The Hall–Kier alpha value is -1.66. The molecule has 6 heteroatoms. The van der Waals surface area contributed by atoms with Crippen molar-refractivity contribution in [1.29, 1.82) is 0 Å². The van der Waals surface area contributed by atoms with Crippen LogP contribution in [0.5, 0.6) is 0 Å². The molecule has 1 amide bonds. The second-order valence-electron chi connectivity index (χ2n) is 5.93. The highest BCUT2D eigenvalue weighted by atomic mass is 32.1. The van der Waals surface area contributed by atoms with Crippen LogP contribution in [-0.2, 0) is 25.6 Å². The van der Waals surface area contributed by atoms with Crippen molar-refractivity contribution >= 4 is 23.2 Å². The van der Waals surface area contributed by atoms with Crippen molar-refractivity contribution in [2.45, 2.75) is 25.2 Å². The Kier molecular flexibility index (Phi) is 3.13. The van der Waals surface area contributed by atoms with Crippen LogP contribution in [-0.4, -0.2) is 41.6 Å². The van der Waals surface area contributed by atoms with Crippen LogP contribution < -0.4 is 0 Å². The number of rotatable bonds is 4. The third-order valence-electron chi connectivity index (χ3n) is 4.66. The summed E-state index contributed by atoms with van der Waals surface area (Å²) < 4.78 is 11.2. The van der Waals surface area contributed by atoms with E-state index in [1.54, 1.807) is 23.2 Å². The Balaban J connectivity index is 1.61. The van der Waals surface area contributed by atoms with Gasteiger partial charge in [0.25, 0.3) is 0 Å². The first kappa shape index (κ1) is 14.0. The molecule has 4 atom stereocenters. The molecule has 0 radical (unpaired) electrons. The van der Waals surface area contributed by atoms with E-state index in [2.05, 4.69) is 0 Å². The standard InChI is InChI=1S/C16H17NO4S/c1-2-20-15(19)12-11-5-6-16(21-11)9-17(14(18)13(12)16)8-10-4-3-7-22-10/h3-7,11-13H,2,8-9H2,1H3/t11-,12?,13+,16-/m1/s1. The number of hydrogen-bond acceptors (Lipinski definition) is 5. The van der Waals surface area contributed by atoms with Gasteiger partial charge in [-0.05, 0) is 18.4 Å². The molecule has 22 heavy (non-hydrogen) atoms. The minimum absolute atomic E-state index is 0.00157. The van der Waals surface area contributed by atoms with Crippen molar-refractivity contribution in [3.05, 3.63) is 34.5 Å². The summed E-state index contributed by atoms with van der Waals surface area (Å²) >= 11 is 1.63. The fourth-order valence-electron chi connectivity index (χ4n) is 3.81. The number of ether oxygens (including phenoxy) is 2. The van der Waals surface area contributed by atoms with Crippen LogP contribution in [0.2, 0.25) is 0 Å². The lowest BCUT2D eigenvalue weighted by Crippen LogP contribution is -2.39. The van der Waals surface area contributed by atoms with E-state index < -0.39 is 17.4 Å². The summed E-state index contributed by atoms with van der Waals surface area (Å²) in [6.07, 6.45) is 3.54. The van der Waals surface area contributed by atoms with Gasteiger partial charge >= 0.3 is 5.97 Å². The monoisotopic (exact) mass is 319 g/mol. The molecule has 0 saturated carbocycles. The van der Waals surface area contributed by atoms with Crippen LogP contribution in [0.25, 0.3) is 0 Å². The summed E-state index contributed by atoms with van der Waals surface area (Å²) in [7, 11) is 0. The predicted molar refractivity (Wildman–Crippen MR) is 80.1 cm³/mol. The topological polar surface area (TPSA) is 55.8 Å². The molecule has 2 bridgehead atoms. The Morgan fingerprint density at radius 3 is 3.18 bits per heavy atom. The van der Waals surface area contributed by atoms with E-state index >= 15 is 0 Å². The zero-order valence-corrected chi connectivity index (χ0v) is 13.0. The highest BCUT2D eigenvalue weighted by Gasteiger charge is 2.67. The third kappa shape index (κ3) is 1.87. The Morgan fingerprint density at radius 1 is 1.59 bits per heavy atom. The molecule has 116 valence electrons. The fourth-order valence-corrected chi connectivity index (χ4v) is 4.53. The first-order valence-corrected chi connectivity index (χ1v) is 8.37. The maximum absolute atomic E-state index is 12.8. The quantitative estimate of drug-likeness (QED) is 0.625. The number of nitrogens with zero attached hydrogens (tertiary/aromatic N) is 1. The molecule has 0 aromatic carbocycles. The number of esters is 1. The largest absolute Gasteiger partial charge is 0.466 e. The minimum atomic E-state index is -0.642. The summed E-state index contributed by atoms with van der Waals surface area (Å²) in [5, 5.41) is 2.00. The average molecular weight is 319 g/mol. The van der Waals surface area contributed by atoms with Gasteiger partial charge in [0.2, 0.25) is 5.91 Å². The van der Waals surface area contributed by atoms with Crippen molar-refractivity contribution in [3.63, 3.8) is 0 Å². The minimum Gasteiger partial charge on any atom is -0.466 e. The van der Waals surface area contributed by atoms with Crippen molar-refractivity contribution in [2.24, 2.45) is 11.8 Å².